The Balaban J connectivity index is 10.5. The Morgan fingerprint density at radius 3 is 0.366 bits per heavy atom. The van der Waals surface area contributed by atoms with Crippen molar-refractivity contribution in [3.05, 3.63) is 0 Å². The van der Waals surface area contributed by atoms with Crippen LogP contribution in [0.15, 0.2) is 0 Å². The van der Waals surface area contributed by atoms with Gasteiger partial charge in [-0.25, -0.2) is 0 Å². The van der Waals surface area contributed by atoms with Gasteiger partial charge in [-0.1, -0.05) is 0 Å². The predicted octanol–water partition coefficient (Wildman–Crippen LogP) is 13.3. The van der Waals surface area contributed by atoms with Crippen LogP contribution in [0.3, 0.4) is 0 Å². The number of hydrogen-bond donors (Lipinski definition) is 0. The Labute approximate surface area is 278 Å². The molecule has 248 valence electrons. The van der Waals surface area contributed by atoms with Crippen LogP contribution in [0, 0.1) is 0 Å². The fourth-order valence-electron chi connectivity index (χ4n) is 15.6. The predicted molar refractivity (Wildman–Crippen MR) is 230 cm³/mol. The molecule has 0 aromatic heterocycles. The minimum atomic E-state index is -3.69. The van der Waals surface area contributed by atoms with Crippen LogP contribution in [0.4, 0.5) is 0 Å². The van der Waals surface area contributed by atoms with Crippen molar-refractivity contribution in [1.29, 1.82) is 0 Å². The fraction of sp³-hybridized carbons (Fsp3) is 1.00. The molecule has 0 unspecified atom stereocenters. The molecule has 11 heteroatoms. The minimum absolute atomic E-state index is 0.455. The van der Waals surface area contributed by atoms with E-state index in [2.05, 4.69) is 177 Å². The molecule has 41 heavy (non-hydrogen) atoms. The van der Waals surface area contributed by atoms with Crippen LogP contribution >= 0.6 is 10.0 Å². The molecule has 0 radical (unpaired) electrons. The fourth-order valence-corrected chi connectivity index (χ4v) is 243. The van der Waals surface area contributed by atoms with E-state index in [-0.39, 0.29) is 0 Å². The summed E-state index contributed by atoms with van der Waals surface area (Å²) in [7, 11) is -6.28. The zero-order chi connectivity index (χ0) is 34.5. The molecule has 0 rings (SSSR count). The van der Waals surface area contributed by atoms with Crippen LogP contribution in [0.2, 0.25) is 186 Å². The molecular formula is C30H81ClGeSi9. The van der Waals surface area contributed by atoms with Gasteiger partial charge in [-0.2, -0.15) is 0 Å². The van der Waals surface area contributed by atoms with Gasteiger partial charge in [0.05, 0.1) is 0 Å². The van der Waals surface area contributed by atoms with Crippen molar-refractivity contribution in [1.82, 2.24) is 0 Å². The number of halogens is 1. The summed E-state index contributed by atoms with van der Waals surface area (Å²) in [5.41, 5.74) is 0. The third kappa shape index (κ3) is 5.80. The molecule has 0 atom stereocenters. The van der Waals surface area contributed by atoms with Gasteiger partial charge in [-0.05, 0) is 0 Å². The summed E-state index contributed by atoms with van der Waals surface area (Å²) in [5.74, 6) is 0. The first-order valence-electron chi connectivity index (χ1n) is 16.7. The molecule has 0 saturated carbocycles. The zero-order valence-electron chi connectivity index (χ0n) is 33.9. The van der Waals surface area contributed by atoms with E-state index in [1.54, 1.807) is 0 Å². The SMILES string of the molecule is C[Si](C)(C)[C]([Si](C)(C)C)([Si](C)(C)C)[Ge]([Cl])([C]([Si](C)(C)C)([Si](C)(C)C)[Si](C)(C)C)[C]([Si](C)(C)C)([Si](C)(C)C)[Si](C)(C)C. The summed E-state index contributed by atoms with van der Waals surface area (Å²) >= 11 is -3.69. The zero-order valence-corrected chi connectivity index (χ0v) is 45.7. The van der Waals surface area contributed by atoms with Gasteiger partial charge in [-0.3, -0.25) is 0 Å². The van der Waals surface area contributed by atoms with Gasteiger partial charge < -0.3 is 0 Å². The molecular weight excluding hydrogens is 721 g/mol. The molecule has 0 aliphatic carbocycles. The average Bonchev–Trinajstić information content (AvgIpc) is 2.40. The van der Waals surface area contributed by atoms with E-state index in [0.29, 0.717) is 9.35 Å². The van der Waals surface area contributed by atoms with Crippen LogP contribution < -0.4 is 0 Å². The Kier molecular flexibility index (Phi) is 12.2. The topological polar surface area (TPSA) is 0 Å². The van der Waals surface area contributed by atoms with Crippen LogP contribution in [-0.2, 0) is 0 Å². The second-order valence-corrected chi connectivity index (χ2v) is 94.8. The number of rotatable bonds is 12. The van der Waals surface area contributed by atoms with E-state index in [1.807, 2.05) is 0 Å². The van der Waals surface area contributed by atoms with Gasteiger partial charge in [-0.15, -0.1) is 0 Å². The molecule has 0 aromatic rings. The summed E-state index contributed by atoms with van der Waals surface area (Å²) in [6.07, 6.45) is 0. The van der Waals surface area contributed by atoms with Crippen molar-refractivity contribution in [3.8, 4) is 0 Å². The van der Waals surface area contributed by atoms with Crippen molar-refractivity contribution in [2.75, 3.05) is 0 Å². The van der Waals surface area contributed by atoms with Gasteiger partial charge in [0.25, 0.3) is 0 Å². The summed E-state index contributed by atoms with van der Waals surface area (Å²) in [6, 6.07) is 0. The van der Waals surface area contributed by atoms with Gasteiger partial charge in [0.15, 0.2) is 0 Å². The first kappa shape index (κ1) is 43.8. The standard InChI is InChI=1S/C30H81ClGeSi9/c1-33(2,3)28(34(4,5)6,35(7,8)9)32(31,29(36(10,11)12,37(13,14)15)38(16,17)18)30(39(19,20)21,40(22,23)24)41(25,26)27/h1-27H3. The van der Waals surface area contributed by atoms with E-state index in [0.717, 1.165) is 0 Å². The maximum atomic E-state index is 10.2. The van der Waals surface area contributed by atoms with Crippen molar-refractivity contribution >= 4 is 95.0 Å². The quantitative estimate of drug-likeness (QED) is 0.172. The molecule has 0 spiro atoms. The van der Waals surface area contributed by atoms with Crippen LogP contribution in [0.5, 0.6) is 0 Å². The monoisotopic (exact) mass is 802 g/mol. The van der Waals surface area contributed by atoms with Crippen molar-refractivity contribution < 1.29 is 0 Å². The normalized spacial score (nSPS) is 17.3. The molecule has 0 nitrogen and oxygen atoms in total. The summed E-state index contributed by atoms with van der Waals surface area (Å²) < 4.78 is 1.36. The summed E-state index contributed by atoms with van der Waals surface area (Å²) in [5, 5.41) is 0. The van der Waals surface area contributed by atoms with Gasteiger partial charge in [0.1, 0.15) is 0 Å². The van der Waals surface area contributed by atoms with E-state index in [1.165, 1.54) is 0 Å². The van der Waals surface area contributed by atoms with Crippen LogP contribution in [0.25, 0.3) is 0 Å². The molecule has 0 N–H and O–H groups in total. The Morgan fingerprint density at radius 1 is 0.244 bits per heavy atom. The van der Waals surface area contributed by atoms with Crippen molar-refractivity contribution in [3.63, 3.8) is 0 Å². The first-order valence-corrected chi connectivity index (χ1v) is 54.1. The molecule has 0 bridgehead atoms. The van der Waals surface area contributed by atoms with E-state index >= 15 is 0 Å². The van der Waals surface area contributed by atoms with Crippen molar-refractivity contribution in [2.24, 2.45) is 0 Å². The Morgan fingerprint density at radius 2 is 0.317 bits per heavy atom. The summed E-state index contributed by atoms with van der Waals surface area (Å²) in [4.78, 5) is 0. The molecule has 0 fully saturated rings. The Hall–Kier alpha value is 2.78. The molecule has 0 aliphatic heterocycles. The van der Waals surface area contributed by atoms with E-state index in [4.69, 9.17) is 0 Å². The number of hydrogen-bond acceptors (Lipinski definition) is 0. The van der Waals surface area contributed by atoms with Crippen molar-refractivity contribution in [2.45, 2.75) is 186 Å². The maximum absolute atomic E-state index is 10.2. The average molecular weight is 803 g/mol. The van der Waals surface area contributed by atoms with E-state index < -0.39 is 85.0 Å². The van der Waals surface area contributed by atoms with E-state index in [9.17, 15) is 10.0 Å². The Bertz CT molecular complexity index is 701. The molecule has 0 heterocycles. The molecule has 0 amide bonds. The van der Waals surface area contributed by atoms with Gasteiger partial charge in [0.2, 0.25) is 0 Å². The van der Waals surface area contributed by atoms with Crippen LogP contribution in [-0.4, -0.2) is 85.0 Å². The second kappa shape index (κ2) is 11.4. The molecule has 0 aromatic carbocycles. The third-order valence-electron chi connectivity index (χ3n) is 11.7. The third-order valence-corrected chi connectivity index (χ3v) is 151. The van der Waals surface area contributed by atoms with Crippen LogP contribution in [0.1, 0.15) is 0 Å². The summed E-state index contributed by atoms with van der Waals surface area (Å²) in [6.45, 7) is 77.2. The second-order valence-electron chi connectivity index (χ2n) is 23.2. The van der Waals surface area contributed by atoms with Gasteiger partial charge in [0, 0.05) is 0 Å². The molecule has 0 aliphatic rings. The molecule has 0 saturated heterocycles. The first-order chi connectivity index (χ1) is 17.0. The van der Waals surface area contributed by atoms with Gasteiger partial charge >= 0.3 is 281 Å².